The third-order valence-corrected chi connectivity index (χ3v) is 6.25. The first-order chi connectivity index (χ1) is 16.4. The largest absolute Gasteiger partial charge is 0.486 e. The zero-order valence-corrected chi connectivity index (χ0v) is 19.8. The Bertz CT molecular complexity index is 1450. The van der Waals surface area contributed by atoms with Gasteiger partial charge in [-0.3, -0.25) is 14.0 Å². The Labute approximate surface area is 196 Å². The van der Waals surface area contributed by atoms with E-state index in [-0.39, 0.29) is 17.5 Å². The minimum atomic E-state index is -0.745. The van der Waals surface area contributed by atoms with Gasteiger partial charge in [0.25, 0.3) is 5.56 Å². The molecule has 1 N–H and O–H groups in total. The number of rotatable bonds is 6. The van der Waals surface area contributed by atoms with Gasteiger partial charge in [-0.05, 0) is 38.0 Å². The van der Waals surface area contributed by atoms with E-state index in [9.17, 15) is 9.59 Å². The summed E-state index contributed by atoms with van der Waals surface area (Å²) in [4.78, 5) is 26.7. The molecule has 0 saturated heterocycles. The molecule has 1 amide bonds. The SMILES string of the molecule is CCc1nn([C@H](CC)C(=O)N[C@@H](C)c2ccc3c(c2)OCCO3)c(=O)c2cc3oc(C)cc3n12. The van der Waals surface area contributed by atoms with E-state index in [1.165, 1.54) is 4.68 Å². The molecule has 34 heavy (non-hydrogen) atoms. The van der Waals surface area contributed by atoms with Crippen molar-refractivity contribution in [1.82, 2.24) is 19.5 Å². The molecular weight excluding hydrogens is 436 g/mol. The molecule has 9 heteroatoms. The normalized spacial score (nSPS) is 14.9. The number of aromatic nitrogens is 3. The molecule has 0 saturated carbocycles. The Kier molecular flexibility index (Phi) is 5.55. The molecule has 178 valence electrons. The van der Waals surface area contributed by atoms with Crippen LogP contribution in [0.3, 0.4) is 0 Å². The highest BCUT2D eigenvalue weighted by atomic mass is 16.6. The second-order valence-electron chi connectivity index (χ2n) is 8.55. The summed E-state index contributed by atoms with van der Waals surface area (Å²) in [6.07, 6.45) is 1.01. The molecule has 1 aliphatic heterocycles. The molecule has 0 radical (unpaired) electrons. The molecule has 3 aromatic heterocycles. The van der Waals surface area contributed by atoms with Gasteiger partial charge in [-0.1, -0.05) is 19.9 Å². The third-order valence-electron chi connectivity index (χ3n) is 6.25. The zero-order valence-electron chi connectivity index (χ0n) is 19.8. The average molecular weight is 465 g/mol. The van der Waals surface area contributed by atoms with Crippen molar-refractivity contribution in [3.05, 3.63) is 57.8 Å². The van der Waals surface area contributed by atoms with Crippen molar-refractivity contribution in [2.45, 2.75) is 52.6 Å². The third kappa shape index (κ3) is 3.61. The number of carbonyl (C=O) groups is 1. The van der Waals surface area contributed by atoms with E-state index >= 15 is 0 Å². The maximum Gasteiger partial charge on any atom is 0.291 e. The Balaban J connectivity index is 1.47. The second-order valence-corrected chi connectivity index (χ2v) is 8.55. The van der Waals surface area contributed by atoms with Crippen LogP contribution in [0.25, 0.3) is 16.6 Å². The van der Waals surface area contributed by atoms with Gasteiger partial charge in [-0.25, -0.2) is 4.68 Å². The molecule has 5 rings (SSSR count). The lowest BCUT2D eigenvalue weighted by molar-refractivity contribution is -0.125. The topological polar surface area (TPSA) is 100 Å². The maximum atomic E-state index is 13.4. The minimum Gasteiger partial charge on any atom is -0.486 e. The van der Waals surface area contributed by atoms with Crippen LogP contribution in [-0.4, -0.2) is 33.3 Å². The van der Waals surface area contributed by atoms with E-state index < -0.39 is 6.04 Å². The maximum absolute atomic E-state index is 13.4. The van der Waals surface area contributed by atoms with E-state index in [4.69, 9.17) is 13.9 Å². The monoisotopic (exact) mass is 464 g/mol. The van der Waals surface area contributed by atoms with Gasteiger partial charge in [0, 0.05) is 18.6 Å². The summed E-state index contributed by atoms with van der Waals surface area (Å²) in [5.41, 5.74) is 2.46. The second kappa shape index (κ2) is 8.55. The number of nitrogens with zero attached hydrogens (tertiary/aromatic N) is 3. The fourth-order valence-electron chi connectivity index (χ4n) is 4.51. The van der Waals surface area contributed by atoms with E-state index in [0.29, 0.717) is 54.5 Å². The van der Waals surface area contributed by atoms with Gasteiger partial charge in [-0.2, -0.15) is 5.10 Å². The summed E-state index contributed by atoms with van der Waals surface area (Å²) >= 11 is 0. The van der Waals surface area contributed by atoms with Gasteiger partial charge in [0.05, 0.1) is 11.6 Å². The van der Waals surface area contributed by atoms with Crippen LogP contribution < -0.4 is 20.3 Å². The van der Waals surface area contributed by atoms with Crippen LogP contribution in [0.4, 0.5) is 0 Å². The standard InChI is InChI=1S/C25H28N4O5/c1-5-17(24(30)26-15(4)16-7-8-20-22(12-16)33-10-9-32-20)29-25(31)19-13-21-18(11-14(3)34-21)28(19)23(6-2)27-29/h7-8,11-13,15,17H,5-6,9-10H2,1-4H3,(H,26,30)/t15-,17+/m0/s1. The summed E-state index contributed by atoms with van der Waals surface area (Å²) in [6.45, 7) is 8.63. The lowest BCUT2D eigenvalue weighted by atomic mass is 10.1. The van der Waals surface area contributed by atoms with Crippen molar-refractivity contribution in [2.75, 3.05) is 13.2 Å². The molecule has 4 heterocycles. The zero-order chi connectivity index (χ0) is 24.0. The molecule has 9 nitrogen and oxygen atoms in total. The quantitative estimate of drug-likeness (QED) is 0.467. The van der Waals surface area contributed by atoms with Crippen molar-refractivity contribution >= 4 is 22.5 Å². The predicted molar refractivity (Wildman–Crippen MR) is 127 cm³/mol. The highest BCUT2D eigenvalue weighted by Crippen LogP contribution is 2.32. The van der Waals surface area contributed by atoms with Crippen molar-refractivity contribution in [3.8, 4) is 11.5 Å². The number of ether oxygens (including phenoxy) is 2. The van der Waals surface area contributed by atoms with Crippen LogP contribution in [0, 0.1) is 6.92 Å². The number of furan rings is 1. The number of benzene rings is 1. The Morgan fingerprint density at radius 3 is 2.62 bits per heavy atom. The van der Waals surface area contributed by atoms with E-state index in [2.05, 4.69) is 10.4 Å². The van der Waals surface area contributed by atoms with Crippen LogP contribution in [0.5, 0.6) is 11.5 Å². The van der Waals surface area contributed by atoms with Crippen molar-refractivity contribution in [1.29, 1.82) is 0 Å². The summed E-state index contributed by atoms with van der Waals surface area (Å²) < 4.78 is 20.1. The first-order valence-electron chi connectivity index (χ1n) is 11.6. The van der Waals surface area contributed by atoms with Gasteiger partial charge in [0.2, 0.25) is 5.91 Å². The highest BCUT2D eigenvalue weighted by molar-refractivity contribution is 5.84. The molecule has 1 aromatic carbocycles. The van der Waals surface area contributed by atoms with E-state index in [1.54, 1.807) is 6.07 Å². The molecule has 0 bridgehead atoms. The number of hydrogen-bond acceptors (Lipinski definition) is 6. The lowest BCUT2D eigenvalue weighted by Crippen LogP contribution is -2.40. The van der Waals surface area contributed by atoms with Crippen LogP contribution >= 0.6 is 0 Å². The highest BCUT2D eigenvalue weighted by Gasteiger charge is 2.26. The van der Waals surface area contributed by atoms with Gasteiger partial charge >= 0.3 is 0 Å². The molecule has 0 aliphatic carbocycles. The smallest absolute Gasteiger partial charge is 0.291 e. The summed E-state index contributed by atoms with van der Waals surface area (Å²) in [7, 11) is 0. The Morgan fingerprint density at radius 2 is 1.88 bits per heavy atom. The van der Waals surface area contributed by atoms with Gasteiger partial charge in [0.15, 0.2) is 17.1 Å². The molecule has 4 aromatic rings. The molecular formula is C25H28N4O5. The Hall–Kier alpha value is -3.75. The van der Waals surface area contributed by atoms with Crippen LogP contribution in [0.1, 0.15) is 56.4 Å². The van der Waals surface area contributed by atoms with Crippen molar-refractivity contribution in [3.63, 3.8) is 0 Å². The molecule has 0 spiro atoms. The van der Waals surface area contributed by atoms with Crippen LogP contribution in [0.2, 0.25) is 0 Å². The summed E-state index contributed by atoms with van der Waals surface area (Å²) in [5, 5.41) is 7.64. The average Bonchev–Trinajstić information content (AvgIpc) is 3.37. The van der Waals surface area contributed by atoms with Crippen LogP contribution in [-0.2, 0) is 11.2 Å². The molecule has 0 fully saturated rings. The fraction of sp³-hybridized carbons (Fsp3) is 0.400. The number of hydrogen-bond donors (Lipinski definition) is 1. The molecule has 2 atom stereocenters. The van der Waals surface area contributed by atoms with E-state index in [0.717, 1.165) is 16.8 Å². The van der Waals surface area contributed by atoms with Crippen molar-refractivity contribution < 1.29 is 18.7 Å². The first-order valence-corrected chi connectivity index (χ1v) is 11.6. The number of aryl methyl sites for hydroxylation is 2. The van der Waals surface area contributed by atoms with E-state index in [1.807, 2.05) is 56.4 Å². The number of amides is 1. The first kappa shape index (κ1) is 22.1. The number of nitrogens with one attached hydrogen (secondary N) is 1. The summed E-state index contributed by atoms with van der Waals surface area (Å²) in [6, 6.07) is 8.22. The predicted octanol–water partition coefficient (Wildman–Crippen LogP) is 3.71. The fourth-order valence-corrected chi connectivity index (χ4v) is 4.51. The molecule has 0 unspecified atom stereocenters. The van der Waals surface area contributed by atoms with Gasteiger partial charge in [-0.15, -0.1) is 0 Å². The number of carbonyl (C=O) groups excluding carboxylic acids is 1. The van der Waals surface area contributed by atoms with Crippen molar-refractivity contribution in [2.24, 2.45) is 0 Å². The summed E-state index contributed by atoms with van der Waals surface area (Å²) in [5.74, 6) is 2.56. The molecule has 1 aliphatic rings. The minimum absolute atomic E-state index is 0.267. The van der Waals surface area contributed by atoms with Crippen LogP contribution in [0.15, 0.2) is 39.5 Å². The lowest BCUT2D eigenvalue weighted by Gasteiger charge is -2.23. The number of fused-ring (bicyclic) bond motifs is 4. The Morgan fingerprint density at radius 1 is 1.12 bits per heavy atom. The van der Waals surface area contributed by atoms with Gasteiger partial charge in [0.1, 0.15) is 36.4 Å². The van der Waals surface area contributed by atoms with Gasteiger partial charge < -0.3 is 19.2 Å².